The molecule has 46 heavy (non-hydrogen) atoms. The smallest absolute Gasteiger partial charge is 0.407 e. The van der Waals surface area contributed by atoms with Gasteiger partial charge in [0.1, 0.15) is 37.4 Å². The molecule has 7 heteroatoms. The molecular weight excluding hydrogens is 581 g/mol. The van der Waals surface area contributed by atoms with Gasteiger partial charge in [0.05, 0.1) is 0 Å². The molecular formula is C39H34FNO5. The summed E-state index contributed by atoms with van der Waals surface area (Å²) in [7, 11) is 0. The van der Waals surface area contributed by atoms with Crippen LogP contribution in [0.3, 0.4) is 0 Å². The van der Waals surface area contributed by atoms with Gasteiger partial charge in [-0.1, -0.05) is 103 Å². The molecule has 1 aliphatic rings. The lowest BCUT2D eigenvalue weighted by Gasteiger charge is -2.19. The highest BCUT2D eigenvalue weighted by molar-refractivity contribution is 5.82. The monoisotopic (exact) mass is 615 g/mol. The fourth-order valence-corrected chi connectivity index (χ4v) is 5.62. The van der Waals surface area contributed by atoms with E-state index in [1.165, 1.54) is 17.7 Å². The molecule has 1 amide bonds. The molecule has 0 aromatic heterocycles. The maximum Gasteiger partial charge on any atom is 0.407 e. The fourth-order valence-electron chi connectivity index (χ4n) is 5.62. The Morgan fingerprint density at radius 2 is 1.26 bits per heavy atom. The Hall–Kier alpha value is -5.43. The number of aryl methyl sites for hydroxylation is 1. The minimum Gasteiger partial charge on any atom is -0.489 e. The zero-order valence-electron chi connectivity index (χ0n) is 25.4. The summed E-state index contributed by atoms with van der Waals surface area (Å²) < 4.78 is 30.7. The topological polar surface area (TPSA) is 73.9 Å². The summed E-state index contributed by atoms with van der Waals surface area (Å²) in [5, 5.41) is 2.68. The molecule has 1 N–H and O–H groups in total. The van der Waals surface area contributed by atoms with Crippen LogP contribution in [0.4, 0.5) is 9.18 Å². The van der Waals surface area contributed by atoms with Crippen molar-refractivity contribution >= 4 is 12.1 Å². The van der Waals surface area contributed by atoms with Crippen LogP contribution in [0.15, 0.2) is 121 Å². The van der Waals surface area contributed by atoms with Crippen molar-refractivity contribution in [2.45, 2.75) is 38.5 Å². The van der Waals surface area contributed by atoms with Crippen LogP contribution >= 0.6 is 0 Å². The van der Waals surface area contributed by atoms with E-state index in [0.717, 1.165) is 33.4 Å². The third-order valence-electron chi connectivity index (χ3n) is 8.10. The van der Waals surface area contributed by atoms with Crippen LogP contribution in [0.25, 0.3) is 11.1 Å². The van der Waals surface area contributed by atoms with Gasteiger partial charge in [-0.15, -0.1) is 0 Å². The highest BCUT2D eigenvalue weighted by Gasteiger charge is 2.30. The number of hydrogen-bond acceptors (Lipinski definition) is 5. The summed E-state index contributed by atoms with van der Waals surface area (Å²) in [6.45, 7) is 2.60. The van der Waals surface area contributed by atoms with Crippen LogP contribution in [-0.4, -0.2) is 24.7 Å². The number of carbonyl (C=O) groups is 2. The first-order valence-electron chi connectivity index (χ1n) is 15.2. The summed E-state index contributed by atoms with van der Waals surface area (Å²) in [4.78, 5) is 26.3. The Labute approximate surface area is 267 Å². The Morgan fingerprint density at radius 3 is 1.91 bits per heavy atom. The van der Waals surface area contributed by atoms with Crippen molar-refractivity contribution in [3.05, 3.63) is 161 Å². The Kier molecular flexibility index (Phi) is 9.39. The van der Waals surface area contributed by atoms with Gasteiger partial charge in [-0.25, -0.2) is 14.0 Å². The van der Waals surface area contributed by atoms with Crippen LogP contribution in [0.1, 0.15) is 39.3 Å². The molecule has 0 saturated heterocycles. The molecule has 1 atom stereocenters. The highest BCUT2D eigenvalue weighted by atomic mass is 19.1. The van der Waals surface area contributed by atoms with Crippen LogP contribution < -0.4 is 10.1 Å². The number of fused-ring (bicyclic) bond motifs is 3. The number of benzene rings is 5. The first-order valence-corrected chi connectivity index (χ1v) is 15.2. The summed E-state index contributed by atoms with van der Waals surface area (Å²) in [6, 6.07) is 36.3. The lowest BCUT2D eigenvalue weighted by molar-refractivity contribution is -0.147. The number of nitrogens with one attached hydrogen (secondary N) is 1. The van der Waals surface area contributed by atoms with Crippen molar-refractivity contribution in [1.29, 1.82) is 0 Å². The van der Waals surface area contributed by atoms with E-state index in [1.54, 1.807) is 12.1 Å². The first kappa shape index (κ1) is 30.6. The van der Waals surface area contributed by atoms with E-state index in [9.17, 15) is 14.0 Å². The average molecular weight is 616 g/mol. The molecule has 0 radical (unpaired) electrons. The molecule has 0 unspecified atom stereocenters. The third-order valence-corrected chi connectivity index (χ3v) is 8.10. The van der Waals surface area contributed by atoms with Crippen molar-refractivity contribution in [3.8, 4) is 16.9 Å². The molecule has 0 aliphatic heterocycles. The Bertz CT molecular complexity index is 1760. The maximum absolute atomic E-state index is 13.5. The molecule has 232 valence electrons. The van der Waals surface area contributed by atoms with Crippen molar-refractivity contribution in [1.82, 2.24) is 5.32 Å². The van der Waals surface area contributed by atoms with E-state index in [-0.39, 0.29) is 25.6 Å². The second-order valence-corrected chi connectivity index (χ2v) is 11.4. The van der Waals surface area contributed by atoms with Gasteiger partial charge in [0.2, 0.25) is 0 Å². The fraction of sp³-hybridized carbons (Fsp3) is 0.179. The van der Waals surface area contributed by atoms with Gasteiger partial charge in [0.25, 0.3) is 0 Å². The van der Waals surface area contributed by atoms with E-state index in [2.05, 4.69) is 17.4 Å². The number of alkyl carbamates (subject to hydrolysis) is 1. The molecule has 0 fully saturated rings. The molecule has 0 bridgehead atoms. The third kappa shape index (κ3) is 7.44. The number of amides is 1. The molecule has 0 spiro atoms. The van der Waals surface area contributed by atoms with Gasteiger partial charge in [-0.3, -0.25) is 0 Å². The number of esters is 1. The lowest BCUT2D eigenvalue weighted by atomic mass is 9.98. The van der Waals surface area contributed by atoms with Gasteiger partial charge in [-0.2, -0.15) is 0 Å². The second kappa shape index (κ2) is 14.1. The van der Waals surface area contributed by atoms with E-state index in [0.29, 0.717) is 17.9 Å². The van der Waals surface area contributed by atoms with Crippen LogP contribution in [0.5, 0.6) is 5.75 Å². The molecule has 6 nitrogen and oxygen atoms in total. The summed E-state index contributed by atoms with van der Waals surface area (Å²) in [5.41, 5.74) is 8.10. The van der Waals surface area contributed by atoms with Gasteiger partial charge >= 0.3 is 12.1 Å². The lowest BCUT2D eigenvalue weighted by Crippen LogP contribution is -2.43. The largest absolute Gasteiger partial charge is 0.489 e. The van der Waals surface area contributed by atoms with Crippen molar-refractivity contribution in [2.75, 3.05) is 6.61 Å². The number of hydrogen-bond donors (Lipinski definition) is 1. The van der Waals surface area contributed by atoms with Crippen molar-refractivity contribution in [2.24, 2.45) is 0 Å². The SMILES string of the molecule is Cc1ccc(COc2ccc(COC(=O)[C@@H](Cc3ccc(F)cc3)NC(=O)OCC3c4ccccc4-c4ccccc43)cc2)cc1. The highest BCUT2D eigenvalue weighted by Crippen LogP contribution is 2.44. The predicted molar refractivity (Wildman–Crippen MR) is 174 cm³/mol. The zero-order valence-corrected chi connectivity index (χ0v) is 25.4. The number of carbonyl (C=O) groups excluding carboxylic acids is 2. The van der Waals surface area contributed by atoms with Crippen LogP contribution in [0, 0.1) is 12.7 Å². The quantitative estimate of drug-likeness (QED) is 0.153. The summed E-state index contributed by atoms with van der Waals surface area (Å²) in [6.07, 6.45) is -0.629. The number of ether oxygens (including phenoxy) is 3. The standard InChI is InChI=1S/C39H34FNO5/c1-26-10-12-28(13-11-26)23-44-31-20-16-29(17-21-31)24-45-38(42)37(22-27-14-18-30(40)19-15-27)41-39(43)46-25-36-34-8-4-2-6-32(34)33-7-3-5-9-35(33)36/h2-21,36-37H,22-25H2,1H3,(H,41,43)/t37-/m1/s1. The Balaban J connectivity index is 1.07. The van der Waals surface area contributed by atoms with Gasteiger partial charge in [-0.05, 0) is 70.1 Å². The van der Waals surface area contributed by atoms with Gasteiger partial charge < -0.3 is 19.5 Å². The molecule has 5 aromatic rings. The first-order chi connectivity index (χ1) is 22.4. The van der Waals surface area contributed by atoms with Crippen LogP contribution in [0.2, 0.25) is 0 Å². The van der Waals surface area contributed by atoms with E-state index in [4.69, 9.17) is 14.2 Å². The second-order valence-electron chi connectivity index (χ2n) is 11.4. The zero-order chi connectivity index (χ0) is 31.9. The average Bonchev–Trinajstić information content (AvgIpc) is 3.40. The van der Waals surface area contributed by atoms with Crippen molar-refractivity contribution in [3.63, 3.8) is 0 Å². The molecule has 6 rings (SSSR count). The van der Waals surface area contributed by atoms with Crippen molar-refractivity contribution < 1.29 is 28.2 Å². The van der Waals surface area contributed by atoms with E-state index in [1.807, 2.05) is 91.9 Å². The summed E-state index contributed by atoms with van der Waals surface area (Å²) in [5.74, 6) is -0.442. The van der Waals surface area contributed by atoms with E-state index < -0.39 is 23.9 Å². The maximum atomic E-state index is 13.5. The Morgan fingerprint density at radius 1 is 0.696 bits per heavy atom. The number of halogens is 1. The summed E-state index contributed by atoms with van der Waals surface area (Å²) >= 11 is 0. The van der Waals surface area contributed by atoms with Gasteiger partial charge in [0, 0.05) is 12.3 Å². The molecule has 5 aromatic carbocycles. The normalized spacial score (nSPS) is 12.5. The molecule has 0 heterocycles. The van der Waals surface area contributed by atoms with Gasteiger partial charge in [0.15, 0.2) is 0 Å². The molecule has 0 saturated carbocycles. The number of rotatable bonds is 11. The predicted octanol–water partition coefficient (Wildman–Crippen LogP) is 7.91. The molecule has 1 aliphatic carbocycles. The van der Waals surface area contributed by atoms with Crippen LogP contribution in [-0.2, 0) is 33.9 Å². The minimum atomic E-state index is -1.04. The minimum absolute atomic E-state index is 0.00334. The van der Waals surface area contributed by atoms with E-state index >= 15 is 0 Å².